The second kappa shape index (κ2) is 3.56. The summed E-state index contributed by atoms with van der Waals surface area (Å²) in [6.07, 6.45) is 6.30. The summed E-state index contributed by atoms with van der Waals surface area (Å²) in [5.74, 6) is 1.80. The maximum atomic E-state index is 5.97. The highest BCUT2D eigenvalue weighted by Gasteiger charge is 2.24. The predicted molar refractivity (Wildman–Crippen MR) is 62.9 cm³/mol. The van der Waals surface area contributed by atoms with Gasteiger partial charge in [0, 0.05) is 12.7 Å². The summed E-state index contributed by atoms with van der Waals surface area (Å²) >= 11 is 0. The molecule has 3 rings (SSSR count). The fourth-order valence-corrected chi connectivity index (χ4v) is 2.10. The highest BCUT2D eigenvalue weighted by molar-refractivity contribution is 5.74. The van der Waals surface area contributed by atoms with Crippen LogP contribution in [0.3, 0.4) is 0 Å². The van der Waals surface area contributed by atoms with Gasteiger partial charge in [-0.15, -0.1) is 0 Å². The number of hydrogen-bond donors (Lipinski definition) is 1. The van der Waals surface area contributed by atoms with Crippen molar-refractivity contribution in [2.45, 2.75) is 32.4 Å². The molecular formula is C12H16N4. The van der Waals surface area contributed by atoms with Gasteiger partial charge in [0.15, 0.2) is 0 Å². The molecule has 0 bridgehead atoms. The van der Waals surface area contributed by atoms with Crippen LogP contribution in [0.5, 0.6) is 0 Å². The second-order valence-electron chi connectivity index (χ2n) is 4.68. The number of pyridine rings is 1. The minimum absolute atomic E-state index is 0.0221. The van der Waals surface area contributed by atoms with Crippen LogP contribution in [0.15, 0.2) is 18.5 Å². The molecule has 2 N–H and O–H groups in total. The van der Waals surface area contributed by atoms with E-state index in [4.69, 9.17) is 5.73 Å². The molecule has 1 atom stereocenters. The first kappa shape index (κ1) is 9.78. The van der Waals surface area contributed by atoms with E-state index in [1.165, 1.54) is 12.8 Å². The third-order valence-corrected chi connectivity index (χ3v) is 3.13. The summed E-state index contributed by atoms with van der Waals surface area (Å²) in [5, 5.41) is 0. The molecule has 0 saturated heterocycles. The van der Waals surface area contributed by atoms with Crippen LogP contribution in [0.4, 0.5) is 0 Å². The minimum atomic E-state index is -0.0221. The van der Waals surface area contributed by atoms with Crippen LogP contribution in [0.2, 0.25) is 0 Å². The lowest BCUT2D eigenvalue weighted by molar-refractivity contribution is 0.581. The molecular weight excluding hydrogens is 200 g/mol. The lowest BCUT2D eigenvalue weighted by Crippen LogP contribution is -2.14. The van der Waals surface area contributed by atoms with Crippen molar-refractivity contribution in [2.24, 2.45) is 11.7 Å². The van der Waals surface area contributed by atoms with Crippen LogP contribution >= 0.6 is 0 Å². The average molecular weight is 216 g/mol. The largest absolute Gasteiger partial charge is 0.326 e. The maximum Gasteiger partial charge on any atom is 0.126 e. The van der Waals surface area contributed by atoms with Gasteiger partial charge in [0.25, 0.3) is 0 Å². The Morgan fingerprint density at radius 3 is 3.06 bits per heavy atom. The van der Waals surface area contributed by atoms with Crippen molar-refractivity contribution in [3.05, 3.63) is 24.3 Å². The van der Waals surface area contributed by atoms with E-state index < -0.39 is 0 Å². The Morgan fingerprint density at radius 2 is 2.38 bits per heavy atom. The number of aromatic nitrogens is 3. The van der Waals surface area contributed by atoms with Crippen molar-refractivity contribution in [1.29, 1.82) is 0 Å². The SMILES string of the molecule is C[C@@H](N)c1nc2cnccc2n1CC1CC1. The van der Waals surface area contributed by atoms with E-state index in [0.717, 1.165) is 29.3 Å². The number of rotatable bonds is 3. The van der Waals surface area contributed by atoms with Crippen molar-refractivity contribution in [3.8, 4) is 0 Å². The van der Waals surface area contributed by atoms with E-state index in [9.17, 15) is 0 Å². The Hall–Kier alpha value is -1.42. The molecule has 1 aliphatic carbocycles. The molecule has 2 heterocycles. The van der Waals surface area contributed by atoms with Gasteiger partial charge < -0.3 is 10.3 Å². The number of hydrogen-bond acceptors (Lipinski definition) is 3. The molecule has 1 aliphatic rings. The summed E-state index contributed by atoms with van der Waals surface area (Å²) in [6, 6.07) is 2.00. The molecule has 2 aromatic rings. The van der Waals surface area contributed by atoms with E-state index in [2.05, 4.69) is 14.5 Å². The highest BCUT2D eigenvalue weighted by Crippen LogP contribution is 2.33. The molecule has 4 heteroatoms. The molecule has 0 aromatic carbocycles. The van der Waals surface area contributed by atoms with Gasteiger partial charge in [-0.05, 0) is 31.7 Å². The van der Waals surface area contributed by atoms with Crippen LogP contribution in [-0.2, 0) is 6.54 Å². The van der Waals surface area contributed by atoms with Crippen molar-refractivity contribution in [2.75, 3.05) is 0 Å². The molecule has 0 amide bonds. The first-order chi connectivity index (χ1) is 7.75. The van der Waals surface area contributed by atoms with Crippen molar-refractivity contribution in [3.63, 3.8) is 0 Å². The molecule has 0 radical (unpaired) electrons. The Balaban J connectivity index is 2.14. The number of nitrogens with zero attached hydrogens (tertiary/aromatic N) is 3. The lowest BCUT2D eigenvalue weighted by Gasteiger charge is -2.10. The van der Waals surface area contributed by atoms with Crippen LogP contribution in [0.1, 0.15) is 31.6 Å². The molecule has 16 heavy (non-hydrogen) atoms. The zero-order chi connectivity index (χ0) is 11.1. The molecule has 1 saturated carbocycles. The number of nitrogens with two attached hydrogens (primary N) is 1. The Kier molecular flexibility index (Phi) is 2.17. The van der Waals surface area contributed by atoms with Gasteiger partial charge in [-0.3, -0.25) is 4.98 Å². The summed E-state index contributed by atoms with van der Waals surface area (Å²) < 4.78 is 2.26. The van der Waals surface area contributed by atoms with Gasteiger partial charge in [0.05, 0.1) is 17.8 Å². The van der Waals surface area contributed by atoms with Gasteiger partial charge >= 0.3 is 0 Å². The van der Waals surface area contributed by atoms with Crippen LogP contribution in [0, 0.1) is 5.92 Å². The summed E-state index contributed by atoms with van der Waals surface area (Å²) in [6.45, 7) is 3.04. The number of fused-ring (bicyclic) bond motifs is 1. The lowest BCUT2D eigenvalue weighted by atomic mass is 10.3. The molecule has 0 aliphatic heterocycles. The fourth-order valence-electron chi connectivity index (χ4n) is 2.10. The smallest absolute Gasteiger partial charge is 0.126 e. The van der Waals surface area contributed by atoms with Crippen molar-refractivity contribution < 1.29 is 0 Å². The molecule has 0 spiro atoms. The quantitative estimate of drug-likeness (QED) is 0.852. The number of imidazole rings is 1. The predicted octanol–water partition coefficient (Wildman–Crippen LogP) is 1.86. The van der Waals surface area contributed by atoms with E-state index in [1.54, 1.807) is 0 Å². The van der Waals surface area contributed by atoms with E-state index in [-0.39, 0.29) is 6.04 Å². The Bertz CT molecular complexity index is 511. The zero-order valence-electron chi connectivity index (χ0n) is 9.43. The molecule has 1 fully saturated rings. The summed E-state index contributed by atoms with van der Waals surface area (Å²) in [4.78, 5) is 8.67. The molecule has 0 unspecified atom stereocenters. The normalized spacial score (nSPS) is 17.9. The highest BCUT2D eigenvalue weighted by atomic mass is 15.1. The van der Waals surface area contributed by atoms with Crippen molar-refractivity contribution in [1.82, 2.24) is 14.5 Å². The molecule has 2 aromatic heterocycles. The minimum Gasteiger partial charge on any atom is -0.326 e. The van der Waals surface area contributed by atoms with E-state index in [1.807, 2.05) is 25.4 Å². The molecule has 4 nitrogen and oxygen atoms in total. The van der Waals surface area contributed by atoms with Crippen LogP contribution in [0.25, 0.3) is 11.0 Å². The topological polar surface area (TPSA) is 56.7 Å². The summed E-state index contributed by atoms with van der Waals surface area (Å²) in [5.41, 5.74) is 8.09. The first-order valence-corrected chi connectivity index (χ1v) is 5.81. The van der Waals surface area contributed by atoms with Gasteiger partial charge in [-0.2, -0.15) is 0 Å². The standard InChI is InChI=1S/C12H16N4/c1-8(13)12-15-10-6-14-5-4-11(10)16(12)7-9-2-3-9/h4-6,8-9H,2-3,7,13H2,1H3/t8-/m1/s1. The first-order valence-electron chi connectivity index (χ1n) is 5.81. The van der Waals surface area contributed by atoms with E-state index >= 15 is 0 Å². The maximum absolute atomic E-state index is 5.97. The van der Waals surface area contributed by atoms with Gasteiger partial charge in [-0.1, -0.05) is 0 Å². The second-order valence-corrected chi connectivity index (χ2v) is 4.68. The zero-order valence-corrected chi connectivity index (χ0v) is 9.43. The third-order valence-electron chi connectivity index (χ3n) is 3.13. The average Bonchev–Trinajstić information content (AvgIpc) is 3.00. The monoisotopic (exact) mass is 216 g/mol. The Labute approximate surface area is 94.5 Å². The van der Waals surface area contributed by atoms with Crippen molar-refractivity contribution >= 4 is 11.0 Å². The third kappa shape index (κ3) is 1.59. The van der Waals surface area contributed by atoms with Gasteiger partial charge in [-0.25, -0.2) is 4.98 Å². The van der Waals surface area contributed by atoms with Crippen LogP contribution in [-0.4, -0.2) is 14.5 Å². The molecule has 84 valence electrons. The fraction of sp³-hybridized carbons (Fsp3) is 0.500. The van der Waals surface area contributed by atoms with Gasteiger partial charge in [0.1, 0.15) is 11.3 Å². The van der Waals surface area contributed by atoms with Crippen LogP contribution < -0.4 is 5.73 Å². The Morgan fingerprint density at radius 1 is 1.56 bits per heavy atom. The van der Waals surface area contributed by atoms with Gasteiger partial charge in [0.2, 0.25) is 0 Å². The summed E-state index contributed by atoms with van der Waals surface area (Å²) in [7, 11) is 0. The van der Waals surface area contributed by atoms with E-state index in [0.29, 0.717) is 0 Å².